The molecule has 2 heterocycles. The number of hydrogen-bond acceptors (Lipinski definition) is 7. The lowest BCUT2D eigenvalue weighted by molar-refractivity contribution is -0.117. The minimum absolute atomic E-state index is 0.0601. The van der Waals surface area contributed by atoms with Crippen molar-refractivity contribution in [2.75, 3.05) is 24.7 Å². The van der Waals surface area contributed by atoms with Crippen LogP contribution in [0.1, 0.15) is 46.3 Å². The Morgan fingerprint density at radius 1 is 1.18 bits per heavy atom. The topological polar surface area (TPSA) is 123 Å². The molecular formula is C23H25N7O3. The largest absolute Gasteiger partial charge is 0.494 e. The molecule has 0 radical (unpaired) electrons. The highest BCUT2D eigenvalue weighted by atomic mass is 16.5. The van der Waals surface area contributed by atoms with E-state index >= 15 is 0 Å². The van der Waals surface area contributed by atoms with Crippen molar-refractivity contribution >= 4 is 29.0 Å². The van der Waals surface area contributed by atoms with Crippen molar-refractivity contribution in [2.24, 2.45) is 5.92 Å². The molecule has 33 heavy (non-hydrogen) atoms. The van der Waals surface area contributed by atoms with Crippen LogP contribution in [-0.2, 0) is 4.79 Å². The first kappa shape index (κ1) is 17.6. The molecule has 2 fully saturated rings. The van der Waals surface area contributed by atoms with Crippen LogP contribution in [0.5, 0.6) is 5.75 Å². The molecule has 0 unspecified atom stereocenters. The molecule has 10 nitrogen and oxygen atoms in total. The smallest absolute Gasteiger partial charge is 0.273 e. The van der Waals surface area contributed by atoms with Gasteiger partial charge < -0.3 is 20.7 Å². The summed E-state index contributed by atoms with van der Waals surface area (Å²) in [6.07, 6.45) is 7.57. The average molecular weight is 451 g/mol. The number of nitrogens with one attached hydrogen (secondary N) is 3. The summed E-state index contributed by atoms with van der Waals surface area (Å²) in [6.45, 7) is -2.71. The van der Waals surface area contributed by atoms with E-state index in [1.807, 2.05) is 28.3 Å². The van der Waals surface area contributed by atoms with Crippen molar-refractivity contribution < 1.29 is 18.4 Å². The molecule has 0 atom stereocenters. The van der Waals surface area contributed by atoms with Crippen LogP contribution in [0.25, 0.3) is 11.1 Å². The predicted octanol–water partition coefficient (Wildman–Crippen LogP) is 3.14. The zero-order valence-electron chi connectivity index (χ0n) is 21.0. The fourth-order valence-electron chi connectivity index (χ4n) is 3.59. The van der Waals surface area contributed by atoms with E-state index in [9.17, 15) is 9.59 Å². The highest BCUT2D eigenvalue weighted by Crippen LogP contribution is 2.40. The maximum absolute atomic E-state index is 12.7. The summed E-state index contributed by atoms with van der Waals surface area (Å²) < 4.78 is 29.7. The van der Waals surface area contributed by atoms with Crippen LogP contribution in [-0.4, -0.2) is 45.9 Å². The van der Waals surface area contributed by atoms with Crippen molar-refractivity contribution in [3.05, 3.63) is 42.4 Å². The Hall–Kier alpha value is -3.95. The molecule has 2 aliphatic rings. The maximum atomic E-state index is 12.7. The Balaban J connectivity index is 1.49. The molecule has 0 saturated heterocycles. The van der Waals surface area contributed by atoms with Crippen LogP contribution in [0.3, 0.4) is 0 Å². The SMILES string of the molecule is [2H]C([2H])([2H])NC(=O)c1nnc(NC(=O)C2CC2)cc1Nc1cccc(-c2cnn(C3CC3)c2)c1OC. The van der Waals surface area contributed by atoms with E-state index in [1.54, 1.807) is 12.3 Å². The highest BCUT2D eigenvalue weighted by molar-refractivity contribution is 6.00. The van der Waals surface area contributed by atoms with Crippen molar-refractivity contribution in [3.63, 3.8) is 0 Å². The standard InChI is InChI=1S/C23H25N7O3/c1-24-23(32)20-18(10-19(28-29-20)27-22(31)13-6-7-13)26-17-5-3-4-16(21(17)33-2)14-11-25-30(12-14)15-8-9-15/h3-5,10-13,15H,6-9H2,1-2H3,(H,24,32)(H2,26,27,28,31)/i1D3. The lowest BCUT2D eigenvalue weighted by atomic mass is 10.1. The number of amides is 2. The number of carbonyl (C=O) groups is 2. The van der Waals surface area contributed by atoms with E-state index in [1.165, 1.54) is 13.2 Å². The molecule has 170 valence electrons. The van der Waals surface area contributed by atoms with Crippen molar-refractivity contribution in [3.8, 4) is 16.9 Å². The summed E-state index contributed by atoms with van der Waals surface area (Å²) in [5, 5.41) is 20.0. The summed E-state index contributed by atoms with van der Waals surface area (Å²) >= 11 is 0. The number of benzene rings is 1. The molecule has 2 aromatic heterocycles. The Morgan fingerprint density at radius 3 is 2.76 bits per heavy atom. The van der Waals surface area contributed by atoms with Gasteiger partial charge in [0.25, 0.3) is 5.91 Å². The van der Waals surface area contributed by atoms with E-state index in [0.717, 1.165) is 36.8 Å². The molecule has 1 aromatic carbocycles. The van der Waals surface area contributed by atoms with Gasteiger partial charge in [-0.3, -0.25) is 14.3 Å². The Bertz CT molecular complexity index is 1320. The quantitative estimate of drug-likeness (QED) is 0.482. The Kier molecular flexibility index (Phi) is 4.55. The van der Waals surface area contributed by atoms with E-state index < -0.39 is 12.9 Å². The normalized spacial score (nSPS) is 16.8. The molecule has 10 heteroatoms. The second kappa shape index (κ2) is 8.53. The number of carbonyl (C=O) groups excluding carboxylic acids is 2. The summed E-state index contributed by atoms with van der Waals surface area (Å²) in [5.74, 6) is -0.542. The zero-order chi connectivity index (χ0) is 25.4. The predicted molar refractivity (Wildman–Crippen MR) is 123 cm³/mol. The minimum Gasteiger partial charge on any atom is -0.494 e. The summed E-state index contributed by atoms with van der Waals surface area (Å²) in [7, 11) is 1.53. The van der Waals surface area contributed by atoms with Gasteiger partial charge in [0.05, 0.1) is 30.7 Å². The molecule has 0 bridgehead atoms. The average Bonchev–Trinajstić information content (AvgIpc) is 3.76. The van der Waals surface area contributed by atoms with Gasteiger partial charge in [-0.25, -0.2) is 0 Å². The third-order valence-electron chi connectivity index (χ3n) is 5.64. The number of anilines is 3. The summed E-state index contributed by atoms with van der Waals surface area (Å²) in [4.78, 5) is 24.9. The number of methoxy groups -OCH3 is 1. The summed E-state index contributed by atoms with van der Waals surface area (Å²) in [6, 6.07) is 7.34. The lowest BCUT2D eigenvalue weighted by Gasteiger charge is -2.16. The molecule has 0 spiro atoms. The number of nitrogens with zero attached hydrogens (tertiary/aromatic N) is 4. The second-order valence-electron chi connectivity index (χ2n) is 8.16. The number of aromatic nitrogens is 4. The maximum Gasteiger partial charge on any atom is 0.273 e. The third-order valence-corrected chi connectivity index (χ3v) is 5.64. The fraction of sp³-hybridized carbons (Fsp3) is 0.348. The van der Waals surface area contributed by atoms with E-state index in [4.69, 9.17) is 8.85 Å². The van der Waals surface area contributed by atoms with Crippen molar-refractivity contribution in [1.29, 1.82) is 0 Å². The van der Waals surface area contributed by atoms with Crippen LogP contribution < -0.4 is 20.7 Å². The Labute approximate surface area is 194 Å². The second-order valence-corrected chi connectivity index (χ2v) is 8.16. The van der Waals surface area contributed by atoms with Gasteiger partial charge in [0.15, 0.2) is 11.5 Å². The van der Waals surface area contributed by atoms with Gasteiger partial charge in [0.2, 0.25) is 5.91 Å². The van der Waals surface area contributed by atoms with Gasteiger partial charge in [-0.15, -0.1) is 10.2 Å². The monoisotopic (exact) mass is 450 g/mol. The number of rotatable bonds is 8. The van der Waals surface area contributed by atoms with Crippen LogP contribution in [0.2, 0.25) is 0 Å². The minimum atomic E-state index is -2.71. The zero-order valence-corrected chi connectivity index (χ0v) is 18.0. The van der Waals surface area contributed by atoms with Crippen LogP contribution in [0, 0.1) is 5.92 Å². The van der Waals surface area contributed by atoms with Gasteiger partial charge in [-0.2, -0.15) is 5.10 Å². The molecule has 3 N–H and O–H groups in total. The van der Waals surface area contributed by atoms with Gasteiger partial charge in [0.1, 0.15) is 5.75 Å². The van der Waals surface area contributed by atoms with Gasteiger partial charge >= 0.3 is 0 Å². The molecule has 2 saturated carbocycles. The van der Waals surface area contributed by atoms with Gasteiger partial charge in [-0.1, -0.05) is 12.1 Å². The van der Waals surface area contributed by atoms with E-state index in [-0.39, 0.29) is 29.0 Å². The van der Waals surface area contributed by atoms with Crippen molar-refractivity contribution in [1.82, 2.24) is 25.3 Å². The molecule has 2 amide bonds. The molecular weight excluding hydrogens is 422 g/mol. The molecule has 3 aromatic rings. The first-order valence-corrected chi connectivity index (χ1v) is 10.7. The fourth-order valence-corrected chi connectivity index (χ4v) is 3.59. The number of ether oxygens (including phenoxy) is 1. The molecule has 0 aliphatic heterocycles. The summed E-state index contributed by atoms with van der Waals surface area (Å²) in [5.41, 5.74) is 2.07. The molecule has 5 rings (SSSR count). The van der Waals surface area contributed by atoms with Crippen molar-refractivity contribution in [2.45, 2.75) is 31.7 Å². The third kappa shape index (κ3) is 4.36. The first-order valence-electron chi connectivity index (χ1n) is 12.2. The highest BCUT2D eigenvalue weighted by Gasteiger charge is 2.30. The van der Waals surface area contributed by atoms with E-state index in [0.29, 0.717) is 17.5 Å². The molecule has 2 aliphatic carbocycles. The number of hydrogen-bond donors (Lipinski definition) is 3. The van der Waals surface area contributed by atoms with E-state index in [2.05, 4.69) is 25.9 Å². The first-order chi connectivity index (χ1) is 17.2. The van der Waals surface area contributed by atoms with Crippen LogP contribution >= 0.6 is 0 Å². The Morgan fingerprint density at radius 2 is 2.03 bits per heavy atom. The van der Waals surface area contributed by atoms with Crippen LogP contribution in [0.15, 0.2) is 36.7 Å². The van der Waals surface area contributed by atoms with Gasteiger partial charge in [-0.05, 0) is 31.7 Å². The number of para-hydroxylation sites is 1. The van der Waals surface area contributed by atoms with Gasteiger partial charge in [0, 0.05) is 40.4 Å². The lowest BCUT2D eigenvalue weighted by Crippen LogP contribution is -2.22. The van der Waals surface area contributed by atoms with Crippen LogP contribution in [0.4, 0.5) is 17.2 Å².